The highest BCUT2D eigenvalue weighted by atomic mass is 32.2. The minimum Gasteiger partial charge on any atom is -0.477 e. The van der Waals surface area contributed by atoms with Crippen LogP contribution in [0.4, 0.5) is 0 Å². The lowest BCUT2D eigenvalue weighted by molar-refractivity contribution is -0.0613. The summed E-state index contributed by atoms with van der Waals surface area (Å²) < 4.78 is 27.6. The first-order valence-electron chi connectivity index (χ1n) is 6.94. The lowest BCUT2D eigenvalue weighted by atomic mass is 9.94. The van der Waals surface area contributed by atoms with Crippen LogP contribution in [0.25, 0.3) is 0 Å². The van der Waals surface area contributed by atoms with E-state index in [1.165, 1.54) is 21.1 Å². The first kappa shape index (κ1) is 14.6. The van der Waals surface area contributed by atoms with Gasteiger partial charge in [-0.05, 0) is 25.3 Å². The highest BCUT2D eigenvalue weighted by Crippen LogP contribution is 2.38. The van der Waals surface area contributed by atoms with Crippen molar-refractivity contribution in [1.29, 1.82) is 0 Å². The van der Waals surface area contributed by atoms with Gasteiger partial charge in [-0.25, -0.2) is 13.2 Å². The predicted octanol–water partition coefficient (Wildman–Crippen LogP) is 0.667. The molecule has 0 aromatic carbocycles. The van der Waals surface area contributed by atoms with Gasteiger partial charge < -0.3 is 14.8 Å². The number of hydrogen-bond acceptors (Lipinski definition) is 4. The summed E-state index contributed by atoms with van der Waals surface area (Å²) in [5.74, 6) is -1.13. The maximum Gasteiger partial charge on any atom is 0.352 e. The minimum absolute atomic E-state index is 0.00218. The molecule has 2 aliphatic rings. The molecule has 8 heteroatoms. The van der Waals surface area contributed by atoms with E-state index in [2.05, 4.69) is 0 Å². The number of rotatable bonds is 5. The van der Waals surface area contributed by atoms with E-state index in [9.17, 15) is 23.4 Å². The number of carbonyl (C=O) groups is 1. The Kier molecular flexibility index (Phi) is 3.16. The van der Waals surface area contributed by atoms with Crippen LogP contribution in [0.5, 0.6) is 0 Å². The van der Waals surface area contributed by atoms with Crippen molar-refractivity contribution in [2.75, 3.05) is 13.1 Å². The van der Waals surface area contributed by atoms with Crippen LogP contribution < -0.4 is 0 Å². The van der Waals surface area contributed by atoms with Crippen molar-refractivity contribution < 1.29 is 23.4 Å². The molecule has 0 unspecified atom stereocenters. The average Bonchev–Trinajstić information content (AvgIpc) is 3.12. The highest BCUT2D eigenvalue weighted by molar-refractivity contribution is 7.89. The van der Waals surface area contributed by atoms with Gasteiger partial charge in [-0.15, -0.1) is 0 Å². The van der Waals surface area contributed by atoms with E-state index in [0.29, 0.717) is 6.42 Å². The molecule has 3 rings (SSSR count). The standard InChI is InChI=1S/C13H18N2O5S/c1-2-13(18)7-14(8-13)21(19,20)10-5-11(12(16)17)15(6-10)9-3-4-9/h5-6,9,18H,2-4,7-8H2,1H3,(H,16,17). The minimum atomic E-state index is -3.74. The summed E-state index contributed by atoms with van der Waals surface area (Å²) >= 11 is 0. The van der Waals surface area contributed by atoms with E-state index < -0.39 is 21.6 Å². The summed E-state index contributed by atoms with van der Waals surface area (Å²) in [6.07, 6.45) is 3.63. The van der Waals surface area contributed by atoms with Crippen molar-refractivity contribution >= 4 is 16.0 Å². The summed E-state index contributed by atoms with van der Waals surface area (Å²) in [6.45, 7) is 1.92. The highest BCUT2D eigenvalue weighted by Gasteiger charge is 2.46. The second-order valence-electron chi connectivity index (χ2n) is 5.86. The Morgan fingerprint density at radius 2 is 2.05 bits per heavy atom. The molecule has 1 aliphatic heterocycles. The monoisotopic (exact) mass is 314 g/mol. The van der Waals surface area contributed by atoms with Crippen LogP contribution in [0, 0.1) is 0 Å². The predicted molar refractivity (Wildman–Crippen MR) is 73.7 cm³/mol. The third-order valence-corrected chi connectivity index (χ3v) is 5.98. The van der Waals surface area contributed by atoms with Crippen molar-refractivity contribution in [3.05, 3.63) is 18.0 Å². The van der Waals surface area contributed by atoms with E-state index in [4.69, 9.17) is 0 Å². The molecule has 2 N–H and O–H groups in total. The van der Waals surface area contributed by atoms with Crippen LogP contribution in [0.1, 0.15) is 42.7 Å². The number of aromatic carboxylic acids is 1. The van der Waals surface area contributed by atoms with E-state index in [1.54, 1.807) is 6.92 Å². The number of nitrogens with zero attached hydrogens (tertiary/aromatic N) is 2. The second kappa shape index (κ2) is 4.56. The van der Waals surface area contributed by atoms with Gasteiger partial charge in [-0.2, -0.15) is 4.31 Å². The van der Waals surface area contributed by atoms with E-state index in [0.717, 1.165) is 12.8 Å². The van der Waals surface area contributed by atoms with Gasteiger partial charge in [-0.3, -0.25) is 0 Å². The molecule has 2 heterocycles. The summed E-state index contributed by atoms with van der Waals surface area (Å²) in [4.78, 5) is 11.2. The quantitative estimate of drug-likeness (QED) is 0.832. The molecule has 0 bridgehead atoms. The molecule has 1 aromatic heterocycles. The summed E-state index contributed by atoms with van der Waals surface area (Å²) in [5.41, 5.74) is -0.954. The average molecular weight is 314 g/mol. The summed E-state index contributed by atoms with van der Waals surface area (Å²) in [7, 11) is -3.74. The normalized spacial score (nSPS) is 22.0. The Morgan fingerprint density at radius 1 is 1.43 bits per heavy atom. The van der Waals surface area contributed by atoms with Gasteiger partial charge in [0.25, 0.3) is 0 Å². The lowest BCUT2D eigenvalue weighted by Gasteiger charge is -2.44. The smallest absolute Gasteiger partial charge is 0.352 e. The van der Waals surface area contributed by atoms with Crippen molar-refractivity contribution in [2.24, 2.45) is 0 Å². The molecule has 1 aliphatic carbocycles. The maximum atomic E-state index is 12.5. The number of carboxylic acid groups (broad SMARTS) is 1. The largest absolute Gasteiger partial charge is 0.477 e. The molecular formula is C13H18N2O5S. The zero-order chi connectivity index (χ0) is 15.4. The SMILES string of the molecule is CCC1(O)CN(S(=O)(=O)c2cc(C(=O)O)n(C3CC3)c2)C1. The molecule has 1 saturated carbocycles. The Morgan fingerprint density at radius 3 is 2.52 bits per heavy atom. The molecule has 0 spiro atoms. The molecule has 1 aromatic rings. The topological polar surface area (TPSA) is 99.8 Å². The van der Waals surface area contributed by atoms with Crippen molar-refractivity contribution in [3.63, 3.8) is 0 Å². The van der Waals surface area contributed by atoms with Crippen molar-refractivity contribution in [2.45, 2.75) is 42.7 Å². The third-order valence-electron chi connectivity index (χ3n) is 4.22. The Labute approximate surface area is 122 Å². The number of aliphatic hydroxyl groups is 1. The summed E-state index contributed by atoms with van der Waals surface area (Å²) in [5, 5.41) is 19.1. The lowest BCUT2D eigenvalue weighted by Crippen LogP contribution is -2.62. The molecule has 0 atom stereocenters. The Balaban J connectivity index is 1.90. The van der Waals surface area contributed by atoms with Gasteiger partial charge in [0.2, 0.25) is 10.0 Å². The van der Waals surface area contributed by atoms with Crippen LogP contribution in [0.2, 0.25) is 0 Å². The van der Waals surface area contributed by atoms with Crippen molar-refractivity contribution in [3.8, 4) is 0 Å². The first-order chi connectivity index (χ1) is 9.77. The van der Waals surface area contributed by atoms with Gasteiger partial charge in [-0.1, -0.05) is 6.92 Å². The molecule has 116 valence electrons. The molecule has 2 fully saturated rings. The van der Waals surface area contributed by atoms with Gasteiger partial charge in [0.1, 0.15) is 10.6 Å². The van der Waals surface area contributed by atoms with Gasteiger partial charge in [0.15, 0.2) is 0 Å². The van der Waals surface area contributed by atoms with Crippen molar-refractivity contribution in [1.82, 2.24) is 8.87 Å². The number of hydrogen-bond donors (Lipinski definition) is 2. The number of aromatic nitrogens is 1. The Hall–Kier alpha value is -1.38. The number of sulfonamides is 1. The van der Waals surface area contributed by atoms with Crippen LogP contribution in [-0.4, -0.2) is 52.2 Å². The maximum absolute atomic E-state index is 12.5. The molecule has 0 radical (unpaired) electrons. The number of β-amino-alcohol motifs (C(OH)–C–C–N with tert-alkyl or cyclic N) is 1. The fraction of sp³-hybridized carbons (Fsp3) is 0.615. The van der Waals surface area contributed by atoms with Gasteiger partial charge >= 0.3 is 5.97 Å². The molecule has 1 saturated heterocycles. The fourth-order valence-corrected chi connectivity index (χ4v) is 4.20. The molecule has 0 amide bonds. The zero-order valence-corrected chi connectivity index (χ0v) is 12.5. The van der Waals surface area contributed by atoms with E-state index in [-0.39, 0.29) is 29.7 Å². The second-order valence-corrected chi connectivity index (χ2v) is 7.79. The van der Waals surface area contributed by atoms with Crippen LogP contribution in [-0.2, 0) is 10.0 Å². The fourth-order valence-electron chi connectivity index (χ4n) is 2.57. The molecule has 7 nitrogen and oxygen atoms in total. The summed E-state index contributed by atoms with van der Waals surface area (Å²) in [6, 6.07) is 1.29. The Bertz CT molecular complexity index is 683. The van der Waals surface area contributed by atoms with E-state index >= 15 is 0 Å². The first-order valence-corrected chi connectivity index (χ1v) is 8.38. The zero-order valence-electron chi connectivity index (χ0n) is 11.7. The van der Waals surface area contributed by atoms with E-state index in [1.807, 2.05) is 0 Å². The van der Waals surface area contributed by atoms with Crippen LogP contribution in [0.3, 0.4) is 0 Å². The van der Waals surface area contributed by atoms with Gasteiger partial charge in [0.05, 0.1) is 5.60 Å². The molecule has 21 heavy (non-hydrogen) atoms. The van der Waals surface area contributed by atoms with Crippen LogP contribution in [0.15, 0.2) is 17.2 Å². The van der Waals surface area contributed by atoms with Gasteiger partial charge in [0, 0.05) is 25.3 Å². The number of carboxylic acids is 1. The third kappa shape index (κ3) is 2.37. The molecular weight excluding hydrogens is 296 g/mol. The van der Waals surface area contributed by atoms with Crippen LogP contribution >= 0.6 is 0 Å².